The Labute approximate surface area is 120 Å². The summed E-state index contributed by atoms with van der Waals surface area (Å²) in [6.45, 7) is 4.53. The van der Waals surface area contributed by atoms with Crippen LogP contribution < -0.4 is 10.2 Å². The van der Waals surface area contributed by atoms with Crippen molar-refractivity contribution in [3.05, 3.63) is 10.6 Å². The Hall–Kier alpha value is -0.610. The topological polar surface area (TPSA) is 28.2 Å². The number of hydrogen-bond acceptors (Lipinski definition) is 4. The van der Waals surface area contributed by atoms with E-state index in [0.29, 0.717) is 6.04 Å². The number of anilines is 1. The monoisotopic (exact) mass is 279 g/mol. The first-order valence-electron chi connectivity index (χ1n) is 7.72. The lowest BCUT2D eigenvalue weighted by molar-refractivity contribution is 0.454. The van der Waals surface area contributed by atoms with Crippen molar-refractivity contribution in [2.75, 3.05) is 25.0 Å². The number of nitrogens with zero attached hydrogens (tertiary/aromatic N) is 2. The van der Waals surface area contributed by atoms with Gasteiger partial charge in [-0.3, -0.25) is 0 Å². The molecule has 1 heterocycles. The molecule has 0 spiro atoms. The third-order valence-corrected chi connectivity index (χ3v) is 5.38. The Kier molecular flexibility index (Phi) is 4.08. The Bertz CT molecular complexity index is 425. The van der Waals surface area contributed by atoms with Gasteiger partial charge in [-0.2, -0.15) is 0 Å². The van der Waals surface area contributed by atoms with Crippen molar-refractivity contribution < 1.29 is 0 Å². The zero-order valence-corrected chi connectivity index (χ0v) is 12.9. The molecule has 0 amide bonds. The second kappa shape index (κ2) is 5.80. The lowest BCUT2D eigenvalue weighted by atomic mass is 9.97. The van der Waals surface area contributed by atoms with Gasteiger partial charge < -0.3 is 10.2 Å². The number of rotatable bonds is 6. The molecule has 2 aliphatic carbocycles. The lowest BCUT2D eigenvalue weighted by Crippen LogP contribution is -2.26. The summed E-state index contributed by atoms with van der Waals surface area (Å²) in [7, 11) is 2.21. The summed E-state index contributed by atoms with van der Waals surface area (Å²) < 4.78 is 0. The van der Waals surface area contributed by atoms with E-state index in [-0.39, 0.29) is 0 Å². The van der Waals surface area contributed by atoms with Crippen LogP contribution in [-0.4, -0.2) is 25.1 Å². The Morgan fingerprint density at radius 2 is 2.21 bits per heavy atom. The molecule has 1 aromatic heterocycles. The SMILES string of the molecule is CCCNC1CCCc2sc(N(C)CC3CC3)nc21. The molecule has 0 aliphatic heterocycles. The summed E-state index contributed by atoms with van der Waals surface area (Å²) in [4.78, 5) is 8.85. The largest absolute Gasteiger partial charge is 0.351 e. The van der Waals surface area contributed by atoms with Crippen molar-refractivity contribution in [2.45, 2.75) is 51.5 Å². The maximum atomic E-state index is 4.95. The molecule has 1 unspecified atom stereocenters. The quantitative estimate of drug-likeness (QED) is 0.865. The van der Waals surface area contributed by atoms with Gasteiger partial charge in [-0.05, 0) is 51.0 Å². The molecule has 4 heteroatoms. The maximum absolute atomic E-state index is 4.95. The zero-order chi connectivity index (χ0) is 13.2. The van der Waals surface area contributed by atoms with Crippen molar-refractivity contribution >= 4 is 16.5 Å². The van der Waals surface area contributed by atoms with Crippen LogP contribution in [0.4, 0.5) is 5.13 Å². The van der Waals surface area contributed by atoms with Crippen LogP contribution >= 0.6 is 11.3 Å². The highest BCUT2D eigenvalue weighted by atomic mass is 32.1. The third-order valence-electron chi connectivity index (χ3n) is 4.14. The van der Waals surface area contributed by atoms with Crippen LogP contribution in [0, 0.1) is 5.92 Å². The number of thiazole rings is 1. The van der Waals surface area contributed by atoms with Crippen LogP contribution in [0.1, 0.15) is 55.6 Å². The third kappa shape index (κ3) is 3.11. The first-order valence-corrected chi connectivity index (χ1v) is 8.53. The van der Waals surface area contributed by atoms with Gasteiger partial charge in [-0.25, -0.2) is 4.98 Å². The first kappa shape index (κ1) is 13.4. The fourth-order valence-corrected chi connectivity index (χ4v) is 3.99. The normalized spacial score (nSPS) is 22.3. The number of nitrogens with one attached hydrogen (secondary N) is 1. The summed E-state index contributed by atoms with van der Waals surface area (Å²) in [5.41, 5.74) is 1.35. The van der Waals surface area contributed by atoms with E-state index in [1.165, 1.54) is 60.8 Å². The number of fused-ring (bicyclic) bond motifs is 1. The van der Waals surface area contributed by atoms with Gasteiger partial charge in [-0.1, -0.05) is 6.92 Å². The lowest BCUT2D eigenvalue weighted by Gasteiger charge is -2.22. The van der Waals surface area contributed by atoms with Gasteiger partial charge >= 0.3 is 0 Å². The average molecular weight is 279 g/mol. The fraction of sp³-hybridized carbons (Fsp3) is 0.800. The molecule has 106 valence electrons. The second-order valence-corrected chi connectivity index (χ2v) is 7.09. The predicted octanol–water partition coefficient (Wildman–Crippen LogP) is 3.37. The van der Waals surface area contributed by atoms with Crippen LogP contribution in [0.25, 0.3) is 0 Å². The van der Waals surface area contributed by atoms with Crippen molar-refractivity contribution in [3.63, 3.8) is 0 Å². The average Bonchev–Trinajstić information content (AvgIpc) is 3.11. The summed E-state index contributed by atoms with van der Waals surface area (Å²) in [6.07, 6.45) is 7.82. The van der Waals surface area contributed by atoms with Crippen molar-refractivity contribution in [3.8, 4) is 0 Å². The summed E-state index contributed by atoms with van der Waals surface area (Å²) in [5, 5.41) is 4.90. The van der Waals surface area contributed by atoms with Crippen molar-refractivity contribution in [1.82, 2.24) is 10.3 Å². The molecule has 1 fully saturated rings. The minimum absolute atomic E-state index is 0.503. The molecule has 3 rings (SSSR count). The van der Waals surface area contributed by atoms with Gasteiger partial charge in [-0.15, -0.1) is 11.3 Å². The molecular formula is C15H25N3S. The van der Waals surface area contributed by atoms with E-state index in [4.69, 9.17) is 4.98 Å². The zero-order valence-electron chi connectivity index (χ0n) is 12.1. The molecule has 0 bridgehead atoms. The van der Waals surface area contributed by atoms with E-state index in [1.54, 1.807) is 0 Å². The predicted molar refractivity (Wildman–Crippen MR) is 82.1 cm³/mol. The van der Waals surface area contributed by atoms with Crippen LogP contribution in [0.5, 0.6) is 0 Å². The van der Waals surface area contributed by atoms with Gasteiger partial charge in [0.2, 0.25) is 0 Å². The standard InChI is InChI=1S/C15H25N3S/c1-3-9-16-12-5-4-6-13-14(12)17-15(19-13)18(2)10-11-7-8-11/h11-12,16H,3-10H2,1-2H3. The Morgan fingerprint density at radius 1 is 1.37 bits per heavy atom. The summed E-state index contributed by atoms with van der Waals surface area (Å²) in [6, 6.07) is 0.503. The summed E-state index contributed by atoms with van der Waals surface area (Å²) >= 11 is 1.93. The number of aromatic nitrogens is 1. The smallest absolute Gasteiger partial charge is 0.185 e. The van der Waals surface area contributed by atoms with Crippen LogP contribution in [0.2, 0.25) is 0 Å². The fourth-order valence-electron chi connectivity index (χ4n) is 2.85. The van der Waals surface area contributed by atoms with Crippen molar-refractivity contribution in [1.29, 1.82) is 0 Å². The van der Waals surface area contributed by atoms with Crippen LogP contribution in [0.3, 0.4) is 0 Å². The molecule has 0 radical (unpaired) electrons. The van der Waals surface area contributed by atoms with Crippen molar-refractivity contribution in [2.24, 2.45) is 5.92 Å². The minimum atomic E-state index is 0.503. The minimum Gasteiger partial charge on any atom is -0.351 e. The van der Waals surface area contributed by atoms with Gasteiger partial charge in [0.25, 0.3) is 0 Å². The highest BCUT2D eigenvalue weighted by molar-refractivity contribution is 7.15. The molecule has 3 nitrogen and oxygen atoms in total. The highest BCUT2D eigenvalue weighted by Crippen LogP contribution is 2.38. The highest BCUT2D eigenvalue weighted by Gasteiger charge is 2.27. The first-order chi connectivity index (χ1) is 9.28. The molecule has 1 atom stereocenters. The van der Waals surface area contributed by atoms with Crippen LogP contribution in [-0.2, 0) is 6.42 Å². The van der Waals surface area contributed by atoms with Gasteiger partial charge in [0.05, 0.1) is 11.7 Å². The molecule has 1 N–H and O–H groups in total. The molecule has 0 saturated heterocycles. The summed E-state index contributed by atoms with van der Waals surface area (Å²) in [5.74, 6) is 0.931. The van der Waals surface area contributed by atoms with E-state index in [2.05, 4.69) is 24.2 Å². The van der Waals surface area contributed by atoms with Gasteiger partial charge in [0, 0.05) is 18.5 Å². The van der Waals surface area contributed by atoms with E-state index in [1.807, 2.05) is 11.3 Å². The number of aryl methyl sites for hydroxylation is 1. The number of hydrogen-bond donors (Lipinski definition) is 1. The van der Waals surface area contributed by atoms with E-state index in [0.717, 1.165) is 12.5 Å². The van der Waals surface area contributed by atoms with E-state index >= 15 is 0 Å². The Morgan fingerprint density at radius 3 is 2.95 bits per heavy atom. The van der Waals surface area contributed by atoms with Gasteiger partial charge in [0.1, 0.15) is 0 Å². The molecule has 0 aromatic carbocycles. The maximum Gasteiger partial charge on any atom is 0.185 e. The Balaban J connectivity index is 1.72. The van der Waals surface area contributed by atoms with E-state index in [9.17, 15) is 0 Å². The molecule has 2 aliphatic rings. The molecule has 1 saturated carbocycles. The molecule has 1 aromatic rings. The second-order valence-electron chi connectivity index (χ2n) is 6.03. The van der Waals surface area contributed by atoms with Crippen LogP contribution in [0.15, 0.2) is 0 Å². The molecule has 19 heavy (non-hydrogen) atoms. The van der Waals surface area contributed by atoms with Gasteiger partial charge in [0.15, 0.2) is 5.13 Å². The molecular weight excluding hydrogens is 254 g/mol. The van der Waals surface area contributed by atoms with E-state index < -0.39 is 0 Å².